The average Bonchev–Trinajstić information content (AvgIpc) is 2.81. The molecule has 1 aliphatic rings. The van der Waals surface area contributed by atoms with Crippen molar-refractivity contribution in [2.24, 2.45) is 0 Å². The van der Waals surface area contributed by atoms with Gasteiger partial charge >= 0.3 is 12.1 Å². The van der Waals surface area contributed by atoms with Crippen molar-refractivity contribution < 1.29 is 23.1 Å². The van der Waals surface area contributed by atoms with Crippen molar-refractivity contribution in [3.63, 3.8) is 0 Å². The summed E-state index contributed by atoms with van der Waals surface area (Å²) in [5.41, 5.74) is 1.30. The second-order valence-electron chi connectivity index (χ2n) is 4.19. The topological polar surface area (TPSA) is 53.4 Å². The summed E-state index contributed by atoms with van der Waals surface area (Å²) in [6.45, 7) is 4.47. The average molecular weight is 276 g/mol. The van der Waals surface area contributed by atoms with Gasteiger partial charge in [-0.15, -0.1) is 0 Å². The molecule has 2 rings (SSSR count). The number of aryl methyl sites for hydroxylation is 1. The summed E-state index contributed by atoms with van der Waals surface area (Å²) in [4.78, 5) is 15.6. The quantitative estimate of drug-likeness (QED) is 0.856. The molecule has 19 heavy (non-hydrogen) atoms. The first kappa shape index (κ1) is 15.3. The van der Waals surface area contributed by atoms with Gasteiger partial charge in [0.15, 0.2) is 0 Å². The highest BCUT2D eigenvalue weighted by Crippen LogP contribution is 2.17. The standard InChI is InChI=1S/C10H14N2.C2HF3O2/c1-9-4-5-11-10(8-9)12-6-2-3-7-12;3-2(4,5)1(6)7/h4-5,8H,2-3,6-7H2,1H3;(H,6,7). The highest BCUT2D eigenvalue weighted by molar-refractivity contribution is 5.73. The largest absolute Gasteiger partial charge is 0.490 e. The molecule has 1 aromatic heterocycles. The first-order chi connectivity index (χ1) is 8.80. The number of carboxylic acid groups (broad SMARTS) is 1. The Morgan fingerprint density at radius 3 is 2.32 bits per heavy atom. The number of anilines is 1. The van der Waals surface area contributed by atoms with E-state index in [1.807, 2.05) is 12.3 Å². The molecule has 1 fully saturated rings. The van der Waals surface area contributed by atoms with Gasteiger partial charge in [0.05, 0.1) is 0 Å². The van der Waals surface area contributed by atoms with E-state index in [0.29, 0.717) is 0 Å². The van der Waals surface area contributed by atoms with E-state index in [0.717, 1.165) is 5.82 Å². The Kier molecular flexibility index (Phi) is 5.14. The minimum Gasteiger partial charge on any atom is -0.475 e. The van der Waals surface area contributed by atoms with E-state index in [-0.39, 0.29) is 0 Å². The molecule has 0 aromatic carbocycles. The number of halogens is 3. The zero-order valence-electron chi connectivity index (χ0n) is 10.4. The number of nitrogens with zero attached hydrogens (tertiary/aromatic N) is 2. The Morgan fingerprint density at radius 2 is 1.89 bits per heavy atom. The minimum absolute atomic E-state index is 1.15. The predicted octanol–water partition coefficient (Wildman–Crippen LogP) is 2.62. The molecule has 0 radical (unpaired) electrons. The number of aliphatic carboxylic acids is 1. The van der Waals surface area contributed by atoms with Crippen LogP contribution in [0.1, 0.15) is 18.4 Å². The van der Waals surface area contributed by atoms with Gasteiger partial charge in [0, 0.05) is 19.3 Å². The molecule has 4 nitrogen and oxygen atoms in total. The molecule has 0 amide bonds. The molecule has 1 aromatic rings. The summed E-state index contributed by atoms with van der Waals surface area (Å²) in [6.07, 6.45) is -0.561. The van der Waals surface area contributed by atoms with E-state index >= 15 is 0 Å². The fourth-order valence-electron chi connectivity index (χ4n) is 1.64. The van der Waals surface area contributed by atoms with Gasteiger partial charge < -0.3 is 10.0 Å². The molecule has 1 saturated heterocycles. The first-order valence-electron chi connectivity index (χ1n) is 5.78. The van der Waals surface area contributed by atoms with Gasteiger partial charge in [0.1, 0.15) is 5.82 Å². The van der Waals surface area contributed by atoms with Crippen LogP contribution in [0.25, 0.3) is 0 Å². The van der Waals surface area contributed by atoms with Crippen molar-refractivity contribution in [1.82, 2.24) is 4.98 Å². The number of hydrogen-bond acceptors (Lipinski definition) is 3. The summed E-state index contributed by atoms with van der Waals surface area (Å²) < 4.78 is 31.7. The number of pyridine rings is 1. The monoisotopic (exact) mass is 276 g/mol. The Morgan fingerprint density at radius 1 is 1.37 bits per heavy atom. The van der Waals surface area contributed by atoms with E-state index in [9.17, 15) is 13.2 Å². The summed E-state index contributed by atoms with van der Waals surface area (Å²) in [7, 11) is 0. The van der Waals surface area contributed by atoms with Crippen molar-refractivity contribution in [3.8, 4) is 0 Å². The van der Waals surface area contributed by atoms with Crippen LogP contribution in [0, 0.1) is 6.92 Å². The summed E-state index contributed by atoms with van der Waals surface area (Å²) in [5.74, 6) is -1.61. The Labute approximate surface area is 108 Å². The molecule has 0 atom stereocenters. The van der Waals surface area contributed by atoms with E-state index in [1.54, 1.807) is 0 Å². The first-order valence-corrected chi connectivity index (χ1v) is 5.78. The molecule has 0 bridgehead atoms. The molecule has 1 N–H and O–H groups in total. The van der Waals surface area contributed by atoms with Gasteiger partial charge in [0.25, 0.3) is 0 Å². The van der Waals surface area contributed by atoms with Crippen LogP contribution in [0.3, 0.4) is 0 Å². The number of aromatic nitrogens is 1. The molecule has 0 saturated carbocycles. The second-order valence-corrected chi connectivity index (χ2v) is 4.19. The summed E-state index contributed by atoms with van der Waals surface area (Å²) in [6, 6.07) is 4.20. The van der Waals surface area contributed by atoms with Gasteiger partial charge in [-0.3, -0.25) is 0 Å². The van der Waals surface area contributed by atoms with Crippen LogP contribution >= 0.6 is 0 Å². The van der Waals surface area contributed by atoms with Crippen molar-refractivity contribution in [2.75, 3.05) is 18.0 Å². The van der Waals surface area contributed by atoms with E-state index in [1.165, 1.54) is 31.5 Å². The van der Waals surface area contributed by atoms with E-state index in [4.69, 9.17) is 9.90 Å². The van der Waals surface area contributed by atoms with Crippen molar-refractivity contribution in [3.05, 3.63) is 23.9 Å². The van der Waals surface area contributed by atoms with Crippen LogP contribution in [0.15, 0.2) is 18.3 Å². The summed E-state index contributed by atoms with van der Waals surface area (Å²) in [5, 5.41) is 7.12. The lowest BCUT2D eigenvalue weighted by atomic mass is 10.3. The SMILES string of the molecule is Cc1ccnc(N2CCCC2)c1.O=C(O)C(F)(F)F. The number of rotatable bonds is 1. The predicted molar refractivity (Wildman–Crippen MR) is 64.1 cm³/mol. The maximum absolute atomic E-state index is 10.6. The number of carboxylic acids is 1. The summed E-state index contributed by atoms with van der Waals surface area (Å²) >= 11 is 0. The zero-order valence-corrected chi connectivity index (χ0v) is 10.4. The third kappa shape index (κ3) is 5.15. The van der Waals surface area contributed by atoms with Gasteiger partial charge in [-0.25, -0.2) is 9.78 Å². The fraction of sp³-hybridized carbons (Fsp3) is 0.500. The molecule has 106 valence electrons. The molecule has 0 aliphatic carbocycles. The highest BCUT2D eigenvalue weighted by Gasteiger charge is 2.38. The van der Waals surface area contributed by atoms with Crippen LogP contribution in [0.2, 0.25) is 0 Å². The van der Waals surface area contributed by atoms with Crippen LogP contribution in [0.4, 0.5) is 19.0 Å². The highest BCUT2D eigenvalue weighted by atomic mass is 19.4. The molecular weight excluding hydrogens is 261 g/mol. The molecule has 1 aliphatic heterocycles. The van der Waals surface area contributed by atoms with Crippen LogP contribution in [0.5, 0.6) is 0 Å². The van der Waals surface area contributed by atoms with Gasteiger partial charge in [-0.05, 0) is 37.5 Å². The third-order valence-electron chi connectivity index (χ3n) is 2.57. The number of alkyl halides is 3. The molecular formula is C12H15F3N2O2. The number of hydrogen-bond donors (Lipinski definition) is 1. The Bertz CT molecular complexity index is 429. The minimum atomic E-state index is -5.08. The zero-order chi connectivity index (χ0) is 14.5. The van der Waals surface area contributed by atoms with Gasteiger partial charge in [-0.1, -0.05) is 0 Å². The normalized spacial score (nSPS) is 14.8. The molecule has 0 unspecified atom stereocenters. The smallest absolute Gasteiger partial charge is 0.475 e. The van der Waals surface area contributed by atoms with Crippen molar-refractivity contribution >= 4 is 11.8 Å². The van der Waals surface area contributed by atoms with E-state index < -0.39 is 12.1 Å². The van der Waals surface area contributed by atoms with Crippen LogP contribution < -0.4 is 4.90 Å². The third-order valence-corrected chi connectivity index (χ3v) is 2.57. The van der Waals surface area contributed by atoms with E-state index in [2.05, 4.69) is 22.9 Å². The van der Waals surface area contributed by atoms with Gasteiger partial charge in [-0.2, -0.15) is 13.2 Å². The molecule has 0 spiro atoms. The lowest BCUT2D eigenvalue weighted by molar-refractivity contribution is -0.192. The lowest BCUT2D eigenvalue weighted by Gasteiger charge is -2.15. The van der Waals surface area contributed by atoms with Crippen molar-refractivity contribution in [2.45, 2.75) is 25.9 Å². The van der Waals surface area contributed by atoms with Crippen LogP contribution in [-0.4, -0.2) is 35.3 Å². The van der Waals surface area contributed by atoms with Crippen molar-refractivity contribution in [1.29, 1.82) is 0 Å². The van der Waals surface area contributed by atoms with Gasteiger partial charge in [0.2, 0.25) is 0 Å². The second kappa shape index (κ2) is 6.40. The Balaban J connectivity index is 0.000000224. The maximum atomic E-state index is 10.6. The molecule has 7 heteroatoms. The van der Waals surface area contributed by atoms with Crippen LogP contribution in [-0.2, 0) is 4.79 Å². The lowest BCUT2D eigenvalue weighted by Crippen LogP contribution is -2.21. The Hall–Kier alpha value is -1.79. The number of carbonyl (C=O) groups is 1. The molecule has 2 heterocycles. The fourth-order valence-corrected chi connectivity index (χ4v) is 1.64. The maximum Gasteiger partial charge on any atom is 0.490 e.